The Balaban J connectivity index is 1.91. The zero-order valence-corrected chi connectivity index (χ0v) is 13.2. The van der Waals surface area contributed by atoms with E-state index in [2.05, 4.69) is 32.0 Å². The maximum absolute atomic E-state index is 12.0. The Hall–Kier alpha value is -1.31. The number of carboxylic acid groups (broad SMARTS) is 1. The lowest BCUT2D eigenvalue weighted by atomic mass is 9.48. The SMILES string of the molecule is Cc1cc(C)cc(C2(C(=O)O)CC3(CCCCCC3)C2)c1. The fourth-order valence-electron chi connectivity index (χ4n) is 4.79. The summed E-state index contributed by atoms with van der Waals surface area (Å²) in [6, 6.07) is 6.30. The van der Waals surface area contributed by atoms with Gasteiger partial charge in [-0.3, -0.25) is 4.79 Å². The number of aliphatic carboxylic acids is 1. The van der Waals surface area contributed by atoms with Crippen LogP contribution >= 0.6 is 0 Å². The molecule has 0 heterocycles. The fraction of sp³-hybridized carbons (Fsp3) is 0.632. The van der Waals surface area contributed by atoms with Gasteiger partial charge < -0.3 is 5.11 Å². The highest BCUT2D eigenvalue weighted by Gasteiger charge is 2.59. The minimum Gasteiger partial charge on any atom is -0.481 e. The van der Waals surface area contributed by atoms with Crippen molar-refractivity contribution in [1.82, 2.24) is 0 Å². The summed E-state index contributed by atoms with van der Waals surface area (Å²) < 4.78 is 0. The quantitative estimate of drug-likeness (QED) is 0.851. The molecule has 0 atom stereocenters. The molecule has 2 nitrogen and oxygen atoms in total. The standard InChI is InChI=1S/C19H26O2/c1-14-9-15(2)11-16(10-14)19(17(20)21)12-18(13-19)7-5-3-4-6-8-18/h9-11H,3-8,12-13H2,1-2H3,(H,20,21). The van der Waals surface area contributed by atoms with Gasteiger partial charge in [-0.2, -0.15) is 0 Å². The normalized spacial score (nSPS) is 23.3. The van der Waals surface area contributed by atoms with Crippen molar-refractivity contribution in [3.05, 3.63) is 34.9 Å². The smallest absolute Gasteiger partial charge is 0.314 e. The van der Waals surface area contributed by atoms with Gasteiger partial charge in [0.05, 0.1) is 5.41 Å². The second kappa shape index (κ2) is 5.15. The van der Waals surface area contributed by atoms with Crippen molar-refractivity contribution in [1.29, 1.82) is 0 Å². The molecular weight excluding hydrogens is 260 g/mol. The van der Waals surface area contributed by atoms with E-state index in [-0.39, 0.29) is 0 Å². The third kappa shape index (κ3) is 2.49. The maximum atomic E-state index is 12.0. The molecule has 0 unspecified atom stereocenters. The first-order chi connectivity index (χ1) is 9.96. The van der Waals surface area contributed by atoms with E-state index in [1.807, 2.05) is 0 Å². The van der Waals surface area contributed by atoms with Crippen LogP contribution in [0.5, 0.6) is 0 Å². The summed E-state index contributed by atoms with van der Waals surface area (Å²) in [6.07, 6.45) is 9.36. The molecule has 0 aromatic heterocycles. The monoisotopic (exact) mass is 286 g/mol. The number of carbonyl (C=O) groups is 1. The number of hydrogen-bond acceptors (Lipinski definition) is 1. The van der Waals surface area contributed by atoms with Crippen molar-refractivity contribution >= 4 is 5.97 Å². The highest BCUT2D eigenvalue weighted by Crippen LogP contribution is 2.61. The molecule has 2 aliphatic rings. The lowest BCUT2D eigenvalue weighted by Crippen LogP contribution is -2.54. The van der Waals surface area contributed by atoms with Crippen LogP contribution in [0, 0.1) is 19.3 Å². The maximum Gasteiger partial charge on any atom is 0.314 e. The minimum absolute atomic E-state index is 0.312. The Morgan fingerprint density at radius 3 is 1.95 bits per heavy atom. The number of rotatable bonds is 2. The summed E-state index contributed by atoms with van der Waals surface area (Å²) in [6.45, 7) is 4.12. The number of hydrogen-bond donors (Lipinski definition) is 1. The van der Waals surface area contributed by atoms with E-state index in [0.29, 0.717) is 5.41 Å². The van der Waals surface area contributed by atoms with Gasteiger partial charge in [0.25, 0.3) is 0 Å². The van der Waals surface area contributed by atoms with Crippen molar-refractivity contribution in [3.8, 4) is 0 Å². The number of aryl methyl sites for hydroxylation is 2. The third-order valence-corrected chi connectivity index (χ3v) is 5.70. The molecule has 0 radical (unpaired) electrons. The van der Waals surface area contributed by atoms with E-state index in [1.165, 1.54) is 49.7 Å². The van der Waals surface area contributed by atoms with Crippen molar-refractivity contribution in [2.45, 2.75) is 70.6 Å². The Bertz CT molecular complexity index is 522. The van der Waals surface area contributed by atoms with Crippen LogP contribution in [0.25, 0.3) is 0 Å². The van der Waals surface area contributed by atoms with Gasteiger partial charge in [0.15, 0.2) is 0 Å². The Labute approximate surface area is 127 Å². The first-order valence-corrected chi connectivity index (χ1v) is 8.28. The van der Waals surface area contributed by atoms with Crippen molar-refractivity contribution < 1.29 is 9.90 Å². The molecule has 1 aromatic rings. The van der Waals surface area contributed by atoms with Gasteiger partial charge in [-0.25, -0.2) is 0 Å². The first-order valence-electron chi connectivity index (χ1n) is 8.28. The zero-order chi connectivity index (χ0) is 15.1. The predicted molar refractivity (Wildman–Crippen MR) is 84.6 cm³/mol. The van der Waals surface area contributed by atoms with Crippen LogP contribution in [0.3, 0.4) is 0 Å². The summed E-state index contributed by atoms with van der Waals surface area (Å²) in [5, 5.41) is 9.90. The third-order valence-electron chi connectivity index (χ3n) is 5.70. The van der Waals surface area contributed by atoms with Crippen LogP contribution in [0.2, 0.25) is 0 Å². The summed E-state index contributed by atoms with van der Waals surface area (Å²) in [5.74, 6) is -0.623. The molecule has 0 aliphatic heterocycles. The Morgan fingerprint density at radius 2 is 1.48 bits per heavy atom. The van der Waals surface area contributed by atoms with Gasteiger partial charge in [0.1, 0.15) is 0 Å². The van der Waals surface area contributed by atoms with Crippen LogP contribution in [-0.4, -0.2) is 11.1 Å². The van der Waals surface area contributed by atoms with E-state index in [1.54, 1.807) is 0 Å². The molecule has 2 heteroatoms. The molecule has 21 heavy (non-hydrogen) atoms. The van der Waals surface area contributed by atoms with E-state index in [0.717, 1.165) is 18.4 Å². The average molecular weight is 286 g/mol. The molecule has 0 bridgehead atoms. The summed E-state index contributed by atoms with van der Waals surface area (Å²) >= 11 is 0. The average Bonchev–Trinajstić information content (AvgIpc) is 2.60. The zero-order valence-electron chi connectivity index (χ0n) is 13.2. The van der Waals surface area contributed by atoms with Crippen molar-refractivity contribution in [2.75, 3.05) is 0 Å². The van der Waals surface area contributed by atoms with Crippen LogP contribution in [0.1, 0.15) is 68.1 Å². The Morgan fingerprint density at radius 1 is 0.952 bits per heavy atom. The van der Waals surface area contributed by atoms with Gasteiger partial charge in [-0.05, 0) is 50.5 Å². The van der Waals surface area contributed by atoms with Gasteiger partial charge in [-0.15, -0.1) is 0 Å². The second-order valence-corrected chi connectivity index (χ2v) is 7.53. The van der Waals surface area contributed by atoms with E-state index in [4.69, 9.17) is 0 Å². The van der Waals surface area contributed by atoms with E-state index >= 15 is 0 Å². The molecule has 3 rings (SSSR count). The van der Waals surface area contributed by atoms with Crippen LogP contribution in [-0.2, 0) is 10.2 Å². The second-order valence-electron chi connectivity index (χ2n) is 7.53. The topological polar surface area (TPSA) is 37.3 Å². The molecular formula is C19H26O2. The highest BCUT2D eigenvalue weighted by atomic mass is 16.4. The van der Waals surface area contributed by atoms with Crippen LogP contribution in [0.4, 0.5) is 0 Å². The summed E-state index contributed by atoms with van der Waals surface area (Å²) in [7, 11) is 0. The fourth-order valence-corrected chi connectivity index (χ4v) is 4.79. The minimum atomic E-state index is -0.624. The van der Waals surface area contributed by atoms with Gasteiger partial charge in [0, 0.05) is 0 Å². The van der Waals surface area contributed by atoms with Gasteiger partial charge in [-0.1, -0.05) is 55.0 Å². The number of benzene rings is 1. The lowest BCUT2D eigenvalue weighted by molar-refractivity contribution is -0.155. The number of carboxylic acids is 1. The van der Waals surface area contributed by atoms with Gasteiger partial charge >= 0.3 is 5.97 Å². The molecule has 2 fully saturated rings. The molecule has 1 spiro atoms. The molecule has 0 amide bonds. The van der Waals surface area contributed by atoms with Crippen LogP contribution < -0.4 is 0 Å². The summed E-state index contributed by atoms with van der Waals surface area (Å²) in [5.41, 5.74) is 3.07. The van der Waals surface area contributed by atoms with Gasteiger partial charge in [0.2, 0.25) is 0 Å². The van der Waals surface area contributed by atoms with Crippen molar-refractivity contribution in [3.63, 3.8) is 0 Å². The van der Waals surface area contributed by atoms with E-state index in [9.17, 15) is 9.90 Å². The molecule has 2 saturated carbocycles. The first kappa shape index (κ1) is 14.6. The highest BCUT2D eigenvalue weighted by molar-refractivity contribution is 5.83. The molecule has 114 valence electrons. The largest absolute Gasteiger partial charge is 0.481 e. The predicted octanol–water partition coefficient (Wildman–Crippen LogP) is 4.76. The lowest BCUT2D eigenvalue weighted by Gasteiger charge is -2.54. The molecule has 1 aromatic carbocycles. The van der Waals surface area contributed by atoms with Crippen molar-refractivity contribution in [2.24, 2.45) is 5.41 Å². The Kier molecular flexibility index (Phi) is 3.59. The van der Waals surface area contributed by atoms with Crippen LogP contribution in [0.15, 0.2) is 18.2 Å². The summed E-state index contributed by atoms with van der Waals surface area (Å²) in [4.78, 5) is 12.0. The molecule has 2 aliphatic carbocycles. The molecule has 0 saturated heterocycles. The molecule has 1 N–H and O–H groups in total. The van der Waals surface area contributed by atoms with E-state index < -0.39 is 11.4 Å².